The summed E-state index contributed by atoms with van der Waals surface area (Å²) < 4.78 is 7.24. The Morgan fingerprint density at radius 1 is 1.25 bits per heavy atom. The number of nitrogens with zero attached hydrogens (tertiary/aromatic N) is 2. The monoisotopic (exact) mass is 322 g/mol. The van der Waals surface area contributed by atoms with E-state index in [1.165, 1.54) is 0 Å². The van der Waals surface area contributed by atoms with E-state index < -0.39 is 5.54 Å². The molecule has 0 radical (unpaired) electrons. The summed E-state index contributed by atoms with van der Waals surface area (Å²) in [4.78, 5) is 16.9. The van der Waals surface area contributed by atoms with Gasteiger partial charge in [-0.15, -0.1) is 0 Å². The average Bonchev–Trinajstić information content (AvgIpc) is 3.02. The Kier molecular flexibility index (Phi) is 3.28. The lowest BCUT2D eigenvalue weighted by atomic mass is 9.98. The molecule has 0 spiro atoms. The van der Waals surface area contributed by atoms with Crippen LogP contribution in [0.25, 0.3) is 16.7 Å². The van der Waals surface area contributed by atoms with Crippen molar-refractivity contribution in [2.75, 3.05) is 24.4 Å². The Balaban J connectivity index is 1.86. The van der Waals surface area contributed by atoms with Crippen LogP contribution in [0.3, 0.4) is 0 Å². The van der Waals surface area contributed by atoms with Gasteiger partial charge >= 0.3 is 0 Å². The number of para-hydroxylation sites is 1. The summed E-state index contributed by atoms with van der Waals surface area (Å²) in [5.74, 6) is -0.125. The lowest BCUT2D eigenvalue weighted by molar-refractivity contribution is -0.121. The van der Waals surface area contributed by atoms with Gasteiger partial charge in [0.15, 0.2) is 0 Å². The molecule has 6 heteroatoms. The van der Waals surface area contributed by atoms with E-state index in [4.69, 9.17) is 4.74 Å². The van der Waals surface area contributed by atoms with Crippen LogP contribution >= 0.6 is 0 Å². The topological polar surface area (TPSA) is 68.2 Å². The van der Waals surface area contributed by atoms with Crippen molar-refractivity contribution in [3.63, 3.8) is 0 Å². The molecule has 24 heavy (non-hydrogen) atoms. The van der Waals surface area contributed by atoms with Crippen LogP contribution < -0.4 is 10.6 Å². The molecule has 0 saturated carbocycles. The maximum atomic E-state index is 12.3. The minimum Gasteiger partial charge on any atom is -0.382 e. The van der Waals surface area contributed by atoms with Gasteiger partial charge in [0, 0.05) is 24.4 Å². The lowest BCUT2D eigenvalue weighted by Crippen LogP contribution is -2.53. The highest BCUT2D eigenvalue weighted by Gasteiger charge is 2.38. The number of pyridine rings is 1. The fraction of sp³-hybridized carbons (Fsp3) is 0.222. The van der Waals surface area contributed by atoms with E-state index in [1.54, 1.807) is 13.3 Å². The van der Waals surface area contributed by atoms with Gasteiger partial charge in [0.25, 0.3) is 5.91 Å². The quantitative estimate of drug-likeness (QED) is 0.778. The van der Waals surface area contributed by atoms with Crippen molar-refractivity contribution in [3.05, 3.63) is 48.8 Å². The molecule has 1 atom stereocenters. The Bertz CT molecular complexity index is 919. The van der Waals surface area contributed by atoms with E-state index in [-0.39, 0.29) is 12.5 Å². The lowest BCUT2D eigenvalue weighted by Gasteiger charge is -2.35. The van der Waals surface area contributed by atoms with Crippen molar-refractivity contribution in [3.8, 4) is 5.69 Å². The third-order valence-corrected chi connectivity index (χ3v) is 4.33. The van der Waals surface area contributed by atoms with Crippen LogP contribution in [0.1, 0.15) is 6.92 Å². The zero-order valence-corrected chi connectivity index (χ0v) is 13.5. The maximum absolute atomic E-state index is 12.3. The van der Waals surface area contributed by atoms with Gasteiger partial charge in [-0.2, -0.15) is 0 Å². The molecule has 0 bridgehead atoms. The SMILES string of the molecule is COCC1(C)Nc2c(cnc3c2ccn3-c2ccccc2)NC1=O. The van der Waals surface area contributed by atoms with Crippen molar-refractivity contribution in [2.24, 2.45) is 0 Å². The van der Waals surface area contributed by atoms with Crippen molar-refractivity contribution in [1.29, 1.82) is 0 Å². The largest absolute Gasteiger partial charge is 0.382 e. The summed E-state index contributed by atoms with van der Waals surface area (Å²) in [6.07, 6.45) is 3.67. The number of benzene rings is 1. The van der Waals surface area contributed by atoms with Gasteiger partial charge in [-0.1, -0.05) is 18.2 Å². The van der Waals surface area contributed by atoms with Crippen molar-refractivity contribution < 1.29 is 9.53 Å². The number of fused-ring (bicyclic) bond motifs is 3. The highest BCUT2D eigenvalue weighted by atomic mass is 16.5. The van der Waals surface area contributed by atoms with Crippen LogP contribution in [-0.2, 0) is 9.53 Å². The summed E-state index contributed by atoms with van der Waals surface area (Å²) in [6, 6.07) is 12.0. The third-order valence-electron chi connectivity index (χ3n) is 4.33. The molecule has 1 aromatic carbocycles. The molecule has 6 nitrogen and oxygen atoms in total. The number of ether oxygens (including phenoxy) is 1. The number of hydrogen-bond acceptors (Lipinski definition) is 4. The molecular weight excluding hydrogens is 304 g/mol. The van der Waals surface area contributed by atoms with E-state index >= 15 is 0 Å². The van der Waals surface area contributed by atoms with E-state index in [2.05, 4.69) is 15.6 Å². The summed E-state index contributed by atoms with van der Waals surface area (Å²) in [5, 5.41) is 7.22. The number of carbonyl (C=O) groups excluding carboxylic acids is 1. The molecular formula is C18H18N4O2. The Labute approximate surface area is 139 Å². The van der Waals surface area contributed by atoms with Gasteiger partial charge in [0.1, 0.15) is 11.2 Å². The van der Waals surface area contributed by atoms with Crippen molar-refractivity contribution >= 4 is 28.3 Å². The van der Waals surface area contributed by atoms with Crippen LogP contribution in [0.4, 0.5) is 11.4 Å². The molecule has 0 saturated heterocycles. The smallest absolute Gasteiger partial charge is 0.252 e. The van der Waals surface area contributed by atoms with E-state index in [0.29, 0.717) is 5.69 Å². The highest BCUT2D eigenvalue weighted by molar-refractivity contribution is 6.11. The number of carbonyl (C=O) groups is 1. The Hall–Kier alpha value is -2.86. The fourth-order valence-electron chi connectivity index (χ4n) is 3.10. The molecule has 122 valence electrons. The van der Waals surface area contributed by atoms with E-state index in [1.807, 2.05) is 54.1 Å². The fourth-order valence-corrected chi connectivity index (χ4v) is 3.10. The summed E-state index contributed by atoms with van der Waals surface area (Å²) >= 11 is 0. The number of hydrogen-bond donors (Lipinski definition) is 2. The molecule has 1 unspecified atom stereocenters. The van der Waals surface area contributed by atoms with Gasteiger partial charge in [-0.05, 0) is 25.1 Å². The van der Waals surface area contributed by atoms with E-state index in [9.17, 15) is 4.79 Å². The van der Waals surface area contributed by atoms with Crippen LogP contribution in [0.5, 0.6) is 0 Å². The van der Waals surface area contributed by atoms with Crippen LogP contribution in [0, 0.1) is 0 Å². The minimum absolute atomic E-state index is 0.125. The average molecular weight is 322 g/mol. The van der Waals surface area contributed by atoms with Gasteiger partial charge in [-0.3, -0.25) is 4.79 Å². The van der Waals surface area contributed by atoms with Gasteiger partial charge in [0.05, 0.1) is 24.2 Å². The van der Waals surface area contributed by atoms with E-state index in [0.717, 1.165) is 22.4 Å². The first-order chi connectivity index (χ1) is 11.6. The predicted molar refractivity (Wildman–Crippen MR) is 93.6 cm³/mol. The third kappa shape index (κ3) is 2.15. The predicted octanol–water partition coefficient (Wildman–Crippen LogP) is 2.79. The first kappa shape index (κ1) is 14.7. The second-order valence-corrected chi connectivity index (χ2v) is 6.15. The molecule has 1 aliphatic heterocycles. The van der Waals surface area contributed by atoms with Gasteiger partial charge in [0.2, 0.25) is 0 Å². The van der Waals surface area contributed by atoms with Crippen molar-refractivity contribution in [1.82, 2.24) is 9.55 Å². The molecule has 3 aromatic rings. The molecule has 1 amide bonds. The number of amides is 1. The number of methoxy groups -OCH3 is 1. The first-order valence-corrected chi connectivity index (χ1v) is 7.76. The highest BCUT2D eigenvalue weighted by Crippen LogP contribution is 2.37. The first-order valence-electron chi connectivity index (χ1n) is 7.76. The normalized spacial score (nSPS) is 19.7. The van der Waals surface area contributed by atoms with Crippen LogP contribution in [0.15, 0.2) is 48.8 Å². The zero-order chi connectivity index (χ0) is 16.7. The second-order valence-electron chi connectivity index (χ2n) is 6.15. The Morgan fingerprint density at radius 3 is 2.79 bits per heavy atom. The Morgan fingerprint density at radius 2 is 2.04 bits per heavy atom. The molecule has 4 rings (SSSR count). The number of aromatic nitrogens is 2. The minimum atomic E-state index is -0.815. The summed E-state index contributed by atoms with van der Waals surface area (Å²) in [6.45, 7) is 2.11. The maximum Gasteiger partial charge on any atom is 0.252 e. The molecule has 3 heterocycles. The molecule has 1 aliphatic rings. The zero-order valence-electron chi connectivity index (χ0n) is 13.5. The molecule has 0 aliphatic carbocycles. The number of anilines is 2. The molecule has 0 fully saturated rings. The molecule has 2 aromatic heterocycles. The summed E-state index contributed by atoms with van der Waals surface area (Å²) in [5.41, 5.74) is 2.62. The second kappa shape index (κ2) is 5.35. The standard InChI is InChI=1S/C18H18N4O2/c1-18(11-24-2)17(23)20-14-10-19-16-13(15(14)21-18)8-9-22(16)12-6-4-3-5-7-12/h3-10,21H,11H2,1-2H3,(H,20,23). The summed E-state index contributed by atoms with van der Waals surface area (Å²) in [7, 11) is 1.59. The number of nitrogens with one attached hydrogen (secondary N) is 2. The van der Waals surface area contributed by atoms with Gasteiger partial charge < -0.3 is 19.9 Å². The van der Waals surface area contributed by atoms with Crippen LogP contribution in [0.2, 0.25) is 0 Å². The molecule has 2 N–H and O–H groups in total. The van der Waals surface area contributed by atoms with Gasteiger partial charge in [-0.25, -0.2) is 4.98 Å². The van der Waals surface area contributed by atoms with Crippen molar-refractivity contribution in [2.45, 2.75) is 12.5 Å². The number of rotatable bonds is 3. The van der Waals surface area contributed by atoms with Crippen LogP contribution in [-0.4, -0.2) is 34.7 Å².